The van der Waals surface area contributed by atoms with Gasteiger partial charge in [-0.05, 0) is 29.1 Å². The summed E-state index contributed by atoms with van der Waals surface area (Å²) in [4.78, 5) is 16.4. The zero-order valence-electron chi connectivity index (χ0n) is 12.2. The van der Waals surface area contributed by atoms with E-state index in [1.54, 1.807) is 6.20 Å². The van der Waals surface area contributed by atoms with E-state index in [1.807, 2.05) is 30.3 Å². The van der Waals surface area contributed by atoms with Crippen molar-refractivity contribution in [3.05, 3.63) is 77.9 Å². The molecule has 0 saturated heterocycles. The third kappa shape index (κ3) is 3.35. The maximum Gasteiger partial charge on any atom is 0.270 e. The fourth-order valence-corrected chi connectivity index (χ4v) is 2.38. The van der Waals surface area contributed by atoms with Crippen LogP contribution in [-0.4, -0.2) is 22.5 Å². The summed E-state index contributed by atoms with van der Waals surface area (Å²) in [5.74, 6) is -0.729. The SMILES string of the molecule is O=C(NCC(O)c1ccc(F)cc1)c1nccc2ccccc12. The van der Waals surface area contributed by atoms with Crippen molar-refractivity contribution in [3.8, 4) is 0 Å². The number of benzene rings is 2. The van der Waals surface area contributed by atoms with Crippen molar-refractivity contribution < 1.29 is 14.3 Å². The van der Waals surface area contributed by atoms with E-state index < -0.39 is 6.10 Å². The van der Waals surface area contributed by atoms with Crippen LogP contribution in [0.3, 0.4) is 0 Å². The predicted molar refractivity (Wildman–Crippen MR) is 85.4 cm³/mol. The number of amides is 1. The van der Waals surface area contributed by atoms with Crippen LogP contribution in [-0.2, 0) is 0 Å². The first kappa shape index (κ1) is 15.1. The molecular weight excluding hydrogens is 295 g/mol. The summed E-state index contributed by atoms with van der Waals surface area (Å²) in [6.45, 7) is 0.0232. The third-order valence-electron chi connectivity index (χ3n) is 3.60. The first-order valence-electron chi connectivity index (χ1n) is 7.20. The highest BCUT2D eigenvalue weighted by molar-refractivity contribution is 6.05. The molecule has 1 heterocycles. The molecule has 3 aromatic rings. The number of aliphatic hydroxyl groups is 1. The molecule has 0 spiro atoms. The number of nitrogens with one attached hydrogen (secondary N) is 1. The number of fused-ring (bicyclic) bond motifs is 1. The summed E-state index contributed by atoms with van der Waals surface area (Å²) in [5, 5.41) is 14.4. The maximum atomic E-state index is 12.9. The molecule has 2 aromatic carbocycles. The van der Waals surface area contributed by atoms with Gasteiger partial charge in [0.1, 0.15) is 11.5 Å². The van der Waals surface area contributed by atoms with E-state index in [0.717, 1.165) is 10.8 Å². The number of aliphatic hydroxyl groups excluding tert-OH is 1. The summed E-state index contributed by atoms with van der Waals surface area (Å²) in [7, 11) is 0. The number of carbonyl (C=O) groups is 1. The summed E-state index contributed by atoms with van der Waals surface area (Å²) in [6.07, 6.45) is 0.669. The van der Waals surface area contributed by atoms with E-state index in [2.05, 4.69) is 10.3 Å². The molecule has 0 saturated carbocycles. The molecular formula is C18H15FN2O2. The molecule has 1 unspecified atom stereocenters. The number of hydrogen-bond donors (Lipinski definition) is 2. The van der Waals surface area contributed by atoms with E-state index >= 15 is 0 Å². The Hall–Kier alpha value is -2.79. The number of halogens is 1. The van der Waals surface area contributed by atoms with Crippen LogP contribution in [0.5, 0.6) is 0 Å². The maximum absolute atomic E-state index is 12.9. The standard InChI is InChI=1S/C18H15FN2O2/c19-14-7-5-13(6-8-14)16(22)11-21-18(23)17-15-4-2-1-3-12(15)9-10-20-17/h1-10,16,22H,11H2,(H,21,23). The molecule has 1 aromatic heterocycles. The van der Waals surface area contributed by atoms with E-state index in [1.165, 1.54) is 24.3 Å². The van der Waals surface area contributed by atoms with Crippen molar-refractivity contribution >= 4 is 16.7 Å². The van der Waals surface area contributed by atoms with Gasteiger partial charge in [-0.1, -0.05) is 36.4 Å². The topological polar surface area (TPSA) is 62.2 Å². The van der Waals surface area contributed by atoms with Crippen LogP contribution < -0.4 is 5.32 Å². The van der Waals surface area contributed by atoms with Crippen LogP contribution in [0.4, 0.5) is 4.39 Å². The molecule has 2 N–H and O–H groups in total. The van der Waals surface area contributed by atoms with Gasteiger partial charge in [0.2, 0.25) is 0 Å². The van der Waals surface area contributed by atoms with Gasteiger partial charge in [-0.2, -0.15) is 0 Å². The molecule has 116 valence electrons. The molecule has 1 atom stereocenters. The van der Waals surface area contributed by atoms with Gasteiger partial charge in [-0.3, -0.25) is 9.78 Å². The summed E-state index contributed by atoms with van der Waals surface area (Å²) in [5.41, 5.74) is 0.854. The number of hydrogen-bond acceptors (Lipinski definition) is 3. The Balaban J connectivity index is 1.72. The van der Waals surface area contributed by atoms with Crippen LogP contribution in [0.15, 0.2) is 60.8 Å². The highest BCUT2D eigenvalue weighted by atomic mass is 19.1. The Morgan fingerprint density at radius 1 is 1.13 bits per heavy atom. The van der Waals surface area contributed by atoms with E-state index in [0.29, 0.717) is 11.3 Å². The van der Waals surface area contributed by atoms with Gasteiger partial charge >= 0.3 is 0 Å². The largest absolute Gasteiger partial charge is 0.387 e. The molecule has 4 nitrogen and oxygen atoms in total. The Bertz CT molecular complexity index is 829. The van der Waals surface area contributed by atoms with Crippen molar-refractivity contribution in [1.82, 2.24) is 10.3 Å². The smallest absolute Gasteiger partial charge is 0.270 e. The number of carbonyl (C=O) groups excluding carboxylic acids is 1. The molecule has 23 heavy (non-hydrogen) atoms. The molecule has 5 heteroatoms. The van der Waals surface area contributed by atoms with Crippen LogP contribution >= 0.6 is 0 Å². The van der Waals surface area contributed by atoms with E-state index in [-0.39, 0.29) is 18.3 Å². The molecule has 0 aliphatic carbocycles. The van der Waals surface area contributed by atoms with Crippen molar-refractivity contribution in [2.45, 2.75) is 6.10 Å². The Labute approximate surface area is 132 Å². The fourth-order valence-electron chi connectivity index (χ4n) is 2.38. The minimum atomic E-state index is -0.908. The lowest BCUT2D eigenvalue weighted by Crippen LogP contribution is -2.29. The molecule has 0 aliphatic heterocycles. The lowest BCUT2D eigenvalue weighted by molar-refractivity contribution is 0.0913. The van der Waals surface area contributed by atoms with E-state index in [4.69, 9.17) is 0 Å². The Morgan fingerprint density at radius 3 is 2.65 bits per heavy atom. The molecule has 1 amide bonds. The predicted octanol–water partition coefficient (Wildman–Crippen LogP) is 2.84. The molecule has 0 aliphatic rings. The van der Waals surface area contributed by atoms with Crippen LogP contribution in [0.2, 0.25) is 0 Å². The number of pyridine rings is 1. The second-order valence-electron chi connectivity index (χ2n) is 5.16. The first-order valence-corrected chi connectivity index (χ1v) is 7.20. The lowest BCUT2D eigenvalue weighted by Gasteiger charge is -2.12. The van der Waals surface area contributed by atoms with Crippen molar-refractivity contribution in [2.75, 3.05) is 6.54 Å². The van der Waals surface area contributed by atoms with Crippen LogP contribution in [0.25, 0.3) is 10.8 Å². The summed E-state index contributed by atoms with van der Waals surface area (Å²) < 4.78 is 12.9. The zero-order chi connectivity index (χ0) is 16.2. The van der Waals surface area contributed by atoms with Crippen LogP contribution in [0, 0.1) is 5.82 Å². The van der Waals surface area contributed by atoms with Gasteiger partial charge in [0, 0.05) is 18.1 Å². The first-order chi connectivity index (χ1) is 11.1. The highest BCUT2D eigenvalue weighted by Crippen LogP contribution is 2.17. The minimum Gasteiger partial charge on any atom is -0.387 e. The second kappa shape index (κ2) is 6.54. The number of rotatable bonds is 4. The average Bonchev–Trinajstić information content (AvgIpc) is 2.59. The third-order valence-corrected chi connectivity index (χ3v) is 3.60. The zero-order valence-corrected chi connectivity index (χ0v) is 12.2. The second-order valence-corrected chi connectivity index (χ2v) is 5.16. The molecule has 3 rings (SSSR count). The molecule has 0 bridgehead atoms. The normalized spacial score (nSPS) is 12.1. The average molecular weight is 310 g/mol. The summed E-state index contributed by atoms with van der Waals surface area (Å²) >= 11 is 0. The fraction of sp³-hybridized carbons (Fsp3) is 0.111. The summed E-state index contributed by atoms with van der Waals surface area (Å²) in [6, 6.07) is 14.8. The number of nitrogens with zero attached hydrogens (tertiary/aromatic N) is 1. The van der Waals surface area contributed by atoms with Gasteiger partial charge in [0.15, 0.2) is 0 Å². The minimum absolute atomic E-state index is 0.0232. The van der Waals surface area contributed by atoms with Gasteiger partial charge in [0.05, 0.1) is 6.10 Å². The van der Waals surface area contributed by atoms with Crippen LogP contribution in [0.1, 0.15) is 22.2 Å². The van der Waals surface area contributed by atoms with Crippen molar-refractivity contribution in [2.24, 2.45) is 0 Å². The Morgan fingerprint density at radius 2 is 1.87 bits per heavy atom. The Kier molecular flexibility index (Phi) is 4.30. The molecule has 0 fully saturated rings. The quantitative estimate of drug-likeness (QED) is 0.779. The van der Waals surface area contributed by atoms with Gasteiger partial charge < -0.3 is 10.4 Å². The monoisotopic (exact) mass is 310 g/mol. The van der Waals surface area contributed by atoms with Gasteiger partial charge in [0.25, 0.3) is 5.91 Å². The highest BCUT2D eigenvalue weighted by Gasteiger charge is 2.14. The van der Waals surface area contributed by atoms with Crippen molar-refractivity contribution in [1.29, 1.82) is 0 Å². The van der Waals surface area contributed by atoms with Gasteiger partial charge in [-0.15, -0.1) is 0 Å². The molecule has 0 radical (unpaired) electrons. The van der Waals surface area contributed by atoms with E-state index in [9.17, 15) is 14.3 Å². The number of aromatic nitrogens is 1. The van der Waals surface area contributed by atoms with Gasteiger partial charge in [-0.25, -0.2) is 4.39 Å². The van der Waals surface area contributed by atoms with Crippen molar-refractivity contribution in [3.63, 3.8) is 0 Å². The lowest BCUT2D eigenvalue weighted by atomic mass is 10.1.